The van der Waals surface area contributed by atoms with E-state index in [-0.39, 0.29) is 23.4 Å². The molecule has 2 N–H and O–H groups in total. The summed E-state index contributed by atoms with van der Waals surface area (Å²) in [6.07, 6.45) is 3.80. The Bertz CT molecular complexity index is 1560. The Hall–Kier alpha value is -4.99. The van der Waals surface area contributed by atoms with E-state index >= 15 is 0 Å². The molecule has 0 radical (unpaired) electrons. The van der Waals surface area contributed by atoms with Crippen molar-refractivity contribution in [3.05, 3.63) is 106 Å². The number of carbonyl (C=O) groups excluding carboxylic acids is 2. The van der Waals surface area contributed by atoms with Gasteiger partial charge in [-0.25, -0.2) is 0 Å². The molecule has 10 heteroatoms. The van der Waals surface area contributed by atoms with Crippen molar-refractivity contribution in [2.75, 3.05) is 13.7 Å². The van der Waals surface area contributed by atoms with Gasteiger partial charge in [-0.05, 0) is 42.3 Å². The van der Waals surface area contributed by atoms with Crippen LogP contribution >= 0.6 is 0 Å². The number of nitrogens with zero attached hydrogens (tertiary/aromatic N) is 3. The van der Waals surface area contributed by atoms with Crippen molar-refractivity contribution < 1.29 is 24.4 Å². The normalized spacial score (nSPS) is 16.9. The summed E-state index contributed by atoms with van der Waals surface area (Å²) in [6, 6.07) is 15.1. The number of methoxy groups -OCH3 is 1. The number of aromatic amines is 1. The number of likely N-dealkylation sites (tertiary alicyclic amines) is 1. The van der Waals surface area contributed by atoms with Crippen LogP contribution in [0.4, 0.5) is 5.69 Å². The Kier molecular flexibility index (Phi) is 6.14. The number of Topliss-reactive ketones (excluding diaryl/α,β-unsaturated/α-hetero) is 1. The Morgan fingerprint density at radius 1 is 1.16 bits per heavy atom. The number of nitrogens with one attached hydrogen (secondary N) is 1. The lowest BCUT2D eigenvalue weighted by Gasteiger charge is -2.24. The van der Waals surface area contributed by atoms with Gasteiger partial charge in [0.2, 0.25) is 0 Å². The van der Waals surface area contributed by atoms with Crippen molar-refractivity contribution in [3.63, 3.8) is 0 Å². The molecule has 1 aliphatic rings. The maximum atomic E-state index is 13.2. The van der Waals surface area contributed by atoms with Crippen molar-refractivity contribution >= 4 is 34.0 Å². The summed E-state index contributed by atoms with van der Waals surface area (Å²) in [7, 11) is 1.58. The summed E-state index contributed by atoms with van der Waals surface area (Å²) < 4.78 is 5.33. The molecule has 0 aliphatic carbocycles. The lowest BCUT2D eigenvalue weighted by atomic mass is 9.98. The molecule has 5 rings (SSSR count). The first kappa shape index (κ1) is 23.7. The molecule has 1 aliphatic heterocycles. The van der Waals surface area contributed by atoms with Crippen molar-refractivity contribution in [1.82, 2.24) is 14.9 Å². The van der Waals surface area contributed by atoms with E-state index in [9.17, 15) is 24.8 Å². The van der Waals surface area contributed by atoms with Gasteiger partial charge in [0.05, 0.1) is 23.3 Å². The minimum atomic E-state index is -0.958. The number of ether oxygens (including phenoxy) is 1. The lowest BCUT2D eigenvalue weighted by molar-refractivity contribution is -0.384. The number of ketones is 1. The predicted molar refractivity (Wildman–Crippen MR) is 135 cm³/mol. The quantitative estimate of drug-likeness (QED) is 0.128. The van der Waals surface area contributed by atoms with E-state index in [4.69, 9.17) is 4.74 Å². The third kappa shape index (κ3) is 4.29. The number of H-pyrrole nitrogens is 1. The predicted octanol–water partition coefficient (Wildman–Crippen LogP) is 4.14. The lowest BCUT2D eigenvalue weighted by Crippen LogP contribution is -2.32. The van der Waals surface area contributed by atoms with Crippen molar-refractivity contribution in [3.8, 4) is 5.75 Å². The fourth-order valence-corrected chi connectivity index (χ4v) is 4.61. The first-order valence-corrected chi connectivity index (χ1v) is 11.5. The number of nitro groups is 1. The molecule has 1 amide bonds. The number of benzene rings is 2. The second-order valence-electron chi connectivity index (χ2n) is 8.53. The summed E-state index contributed by atoms with van der Waals surface area (Å²) in [5.74, 6) is -1.45. The maximum Gasteiger partial charge on any atom is 0.295 e. The van der Waals surface area contributed by atoms with E-state index in [1.54, 1.807) is 25.3 Å². The highest BCUT2D eigenvalue weighted by atomic mass is 16.6. The van der Waals surface area contributed by atoms with Crippen molar-refractivity contribution in [1.29, 1.82) is 0 Å². The Morgan fingerprint density at radius 3 is 2.73 bits per heavy atom. The molecule has 37 heavy (non-hydrogen) atoms. The van der Waals surface area contributed by atoms with Gasteiger partial charge in [-0.15, -0.1) is 0 Å². The Labute approximate surface area is 211 Å². The van der Waals surface area contributed by atoms with Crippen LogP contribution in [-0.2, 0) is 16.0 Å². The minimum Gasteiger partial charge on any atom is -0.507 e. The van der Waals surface area contributed by atoms with Crippen molar-refractivity contribution in [2.45, 2.75) is 12.5 Å². The van der Waals surface area contributed by atoms with E-state index in [0.29, 0.717) is 17.9 Å². The smallest absolute Gasteiger partial charge is 0.295 e. The van der Waals surface area contributed by atoms with Gasteiger partial charge in [-0.2, -0.15) is 0 Å². The van der Waals surface area contributed by atoms with Gasteiger partial charge >= 0.3 is 0 Å². The van der Waals surface area contributed by atoms with Gasteiger partial charge in [0.25, 0.3) is 17.4 Å². The zero-order chi connectivity index (χ0) is 26.1. The number of aromatic nitrogens is 2. The number of amides is 1. The topological polar surface area (TPSA) is 139 Å². The summed E-state index contributed by atoms with van der Waals surface area (Å²) in [5, 5.41) is 23.3. The van der Waals surface area contributed by atoms with Crippen LogP contribution in [0.15, 0.2) is 78.6 Å². The minimum absolute atomic E-state index is 0.0665. The molecular formula is C27H22N4O6. The number of aliphatic hydroxyl groups is 1. The number of pyridine rings is 1. The largest absolute Gasteiger partial charge is 0.507 e. The fourth-order valence-electron chi connectivity index (χ4n) is 4.61. The number of hydrogen-bond acceptors (Lipinski definition) is 7. The highest BCUT2D eigenvalue weighted by Crippen LogP contribution is 2.39. The number of aliphatic hydroxyl groups excluding tert-OH is 1. The first-order chi connectivity index (χ1) is 17.9. The molecule has 3 heterocycles. The molecule has 2 aromatic carbocycles. The monoisotopic (exact) mass is 498 g/mol. The molecule has 0 saturated carbocycles. The van der Waals surface area contributed by atoms with Gasteiger partial charge in [0, 0.05) is 47.5 Å². The van der Waals surface area contributed by atoms with Crippen LogP contribution in [0.2, 0.25) is 0 Å². The second-order valence-corrected chi connectivity index (χ2v) is 8.53. The number of nitro benzene ring substituents is 1. The van der Waals surface area contributed by atoms with Crippen LogP contribution < -0.4 is 4.74 Å². The number of fused-ring (bicyclic) bond motifs is 1. The van der Waals surface area contributed by atoms with Crippen LogP contribution in [0.25, 0.3) is 16.7 Å². The van der Waals surface area contributed by atoms with Crippen LogP contribution in [0.3, 0.4) is 0 Å². The third-order valence-corrected chi connectivity index (χ3v) is 6.43. The number of hydrogen-bond donors (Lipinski definition) is 2. The van der Waals surface area contributed by atoms with E-state index in [1.807, 2.05) is 24.4 Å². The average molecular weight is 498 g/mol. The number of non-ortho nitro benzene ring substituents is 1. The summed E-state index contributed by atoms with van der Waals surface area (Å²) in [5.41, 5.74) is 1.89. The Morgan fingerprint density at radius 2 is 2.00 bits per heavy atom. The summed E-state index contributed by atoms with van der Waals surface area (Å²) >= 11 is 0. The zero-order valence-electron chi connectivity index (χ0n) is 19.7. The van der Waals surface area contributed by atoms with Gasteiger partial charge in [-0.1, -0.05) is 18.2 Å². The number of rotatable bonds is 7. The standard InChI is InChI=1S/C27H22N4O6/c1-37-19-8-9-21-20(14-19)17(15-29-21)10-12-30-24(22-7-2-3-11-28-22)23(26(33)27(30)34)25(32)16-5-4-6-18(13-16)31(35)36/h2-9,11,13-15,24,29,32H,10,12H2,1H3/t24-/m0/s1. The molecule has 0 bridgehead atoms. The first-order valence-electron chi connectivity index (χ1n) is 11.5. The van der Waals surface area contributed by atoms with E-state index < -0.39 is 28.4 Å². The summed E-state index contributed by atoms with van der Waals surface area (Å²) in [4.78, 5) is 46.0. The van der Waals surface area contributed by atoms with Gasteiger partial charge < -0.3 is 19.7 Å². The zero-order valence-corrected chi connectivity index (χ0v) is 19.7. The van der Waals surface area contributed by atoms with Gasteiger partial charge in [-0.3, -0.25) is 24.7 Å². The average Bonchev–Trinajstić information content (AvgIpc) is 3.44. The fraction of sp³-hybridized carbons (Fsp3) is 0.148. The number of carbonyl (C=O) groups is 2. The molecule has 4 aromatic rings. The van der Waals surface area contributed by atoms with Gasteiger partial charge in [0.15, 0.2) is 0 Å². The second kappa shape index (κ2) is 9.57. The summed E-state index contributed by atoms with van der Waals surface area (Å²) in [6.45, 7) is 0.168. The Balaban J connectivity index is 1.55. The molecule has 1 saturated heterocycles. The van der Waals surface area contributed by atoms with Crippen molar-refractivity contribution in [2.24, 2.45) is 0 Å². The van der Waals surface area contributed by atoms with Crippen LogP contribution in [0, 0.1) is 10.1 Å². The molecule has 1 fully saturated rings. The molecule has 1 atom stereocenters. The van der Waals surface area contributed by atoms with Gasteiger partial charge in [0.1, 0.15) is 17.6 Å². The molecule has 0 unspecified atom stereocenters. The van der Waals surface area contributed by atoms with E-state index in [1.165, 1.54) is 29.3 Å². The maximum absolute atomic E-state index is 13.2. The molecular weight excluding hydrogens is 476 g/mol. The third-order valence-electron chi connectivity index (χ3n) is 6.43. The molecule has 186 valence electrons. The highest BCUT2D eigenvalue weighted by molar-refractivity contribution is 6.46. The molecule has 0 spiro atoms. The van der Waals surface area contributed by atoms with Crippen LogP contribution in [0.5, 0.6) is 5.75 Å². The molecule has 2 aromatic heterocycles. The SMILES string of the molecule is COc1ccc2[nH]cc(CCN3C(=O)C(=O)C(=C(O)c4cccc([N+](=O)[O-])c4)[C@@H]3c3ccccn3)c2c1. The van der Waals surface area contributed by atoms with E-state index in [2.05, 4.69) is 9.97 Å². The molecule has 10 nitrogen and oxygen atoms in total. The highest BCUT2D eigenvalue weighted by Gasteiger charge is 2.46. The van der Waals surface area contributed by atoms with Crippen LogP contribution in [0.1, 0.15) is 22.9 Å². The van der Waals surface area contributed by atoms with E-state index in [0.717, 1.165) is 22.5 Å². The van der Waals surface area contributed by atoms with Crippen LogP contribution in [-0.4, -0.2) is 50.2 Å².